The Kier molecular flexibility index (Phi) is 5.04. The molecule has 0 bridgehead atoms. The van der Waals surface area contributed by atoms with Crippen LogP contribution in [0.5, 0.6) is 0 Å². The van der Waals surface area contributed by atoms with Gasteiger partial charge in [0.25, 0.3) is 0 Å². The molecule has 2 aromatic heterocycles. The van der Waals surface area contributed by atoms with Crippen LogP contribution in [0.4, 0.5) is 0 Å². The minimum absolute atomic E-state index is 0.0516. The molecule has 0 spiro atoms. The highest BCUT2D eigenvalue weighted by Gasteiger charge is 2.26. The Morgan fingerprint density at radius 3 is 2.54 bits per heavy atom. The zero-order valence-electron chi connectivity index (χ0n) is 14.0. The summed E-state index contributed by atoms with van der Waals surface area (Å²) in [5.41, 5.74) is 1.83. The van der Waals surface area contributed by atoms with E-state index in [4.69, 9.17) is 11.6 Å². The Balaban J connectivity index is 1.77. The minimum Gasteiger partial charge on any atom is -0.298 e. The molecule has 1 saturated carbocycles. The molecule has 7 heteroatoms. The number of thioether (sulfide) groups is 1. The molecule has 1 fully saturated rings. The second kappa shape index (κ2) is 7.60. The van der Waals surface area contributed by atoms with Crippen LogP contribution in [0.15, 0.2) is 53.9 Å². The molecule has 0 aliphatic heterocycles. The van der Waals surface area contributed by atoms with Crippen molar-refractivity contribution in [3.63, 3.8) is 0 Å². The van der Waals surface area contributed by atoms with Crippen LogP contribution < -0.4 is 0 Å². The number of carbonyl (C=O) groups is 1. The summed E-state index contributed by atoms with van der Waals surface area (Å²) in [6, 6.07) is 11.3. The van der Waals surface area contributed by atoms with Crippen molar-refractivity contribution >= 4 is 29.1 Å². The number of halogens is 1. The molecule has 1 aliphatic rings. The van der Waals surface area contributed by atoms with E-state index in [9.17, 15) is 4.79 Å². The van der Waals surface area contributed by atoms with Crippen molar-refractivity contribution in [1.82, 2.24) is 19.7 Å². The van der Waals surface area contributed by atoms with Crippen molar-refractivity contribution < 1.29 is 4.79 Å². The Morgan fingerprint density at radius 2 is 1.81 bits per heavy atom. The summed E-state index contributed by atoms with van der Waals surface area (Å²) in [5.74, 6) is 1.03. The molecule has 0 amide bonds. The fourth-order valence-electron chi connectivity index (χ4n) is 3.06. The van der Waals surface area contributed by atoms with Crippen molar-refractivity contribution in [3.8, 4) is 17.1 Å². The van der Waals surface area contributed by atoms with Crippen LogP contribution in [0.2, 0.25) is 5.02 Å². The maximum absolute atomic E-state index is 12.3. The molecule has 1 aliphatic carbocycles. The fourth-order valence-corrected chi connectivity index (χ4v) is 4.36. The van der Waals surface area contributed by atoms with E-state index in [1.165, 1.54) is 11.8 Å². The van der Waals surface area contributed by atoms with Gasteiger partial charge in [0.15, 0.2) is 11.0 Å². The maximum atomic E-state index is 12.3. The van der Waals surface area contributed by atoms with Crippen LogP contribution in [0.1, 0.15) is 25.7 Å². The van der Waals surface area contributed by atoms with Gasteiger partial charge in [-0.3, -0.25) is 14.3 Å². The molecule has 26 heavy (non-hydrogen) atoms. The van der Waals surface area contributed by atoms with Gasteiger partial charge in [0.2, 0.25) is 0 Å². The number of aromatic nitrogens is 4. The summed E-state index contributed by atoms with van der Waals surface area (Å²) in [4.78, 5) is 16.3. The molecule has 0 unspecified atom stereocenters. The lowest BCUT2D eigenvalue weighted by Gasteiger charge is -2.20. The molecule has 0 radical (unpaired) electrons. The SMILES string of the molecule is O=C1CCCC[C@H]1Sc1nnc(-c2ccncc2)n1-c1ccc(Cl)cc1. The van der Waals surface area contributed by atoms with Crippen LogP contribution in [-0.2, 0) is 4.79 Å². The summed E-state index contributed by atoms with van der Waals surface area (Å²) in [6.07, 6.45) is 7.07. The molecule has 0 N–H and O–H groups in total. The molecule has 0 saturated heterocycles. The van der Waals surface area contributed by atoms with E-state index in [2.05, 4.69) is 15.2 Å². The van der Waals surface area contributed by atoms with Crippen LogP contribution >= 0.6 is 23.4 Å². The Hall–Kier alpha value is -2.18. The van der Waals surface area contributed by atoms with Gasteiger partial charge in [-0.05, 0) is 49.2 Å². The van der Waals surface area contributed by atoms with Crippen LogP contribution in [-0.4, -0.2) is 30.8 Å². The maximum Gasteiger partial charge on any atom is 0.196 e. The molecule has 1 atom stereocenters. The number of nitrogens with zero attached hydrogens (tertiary/aromatic N) is 4. The lowest BCUT2D eigenvalue weighted by atomic mass is 9.99. The van der Waals surface area contributed by atoms with Crippen molar-refractivity contribution in [2.75, 3.05) is 0 Å². The van der Waals surface area contributed by atoms with Crippen molar-refractivity contribution in [2.24, 2.45) is 0 Å². The van der Waals surface area contributed by atoms with Crippen LogP contribution in [0.3, 0.4) is 0 Å². The standard InChI is InChI=1S/C19H17ClN4OS/c20-14-5-7-15(8-6-14)24-18(13-9-11-21-12-10-13)22-23-19(24)26-17-4-2-1-3-16(17)25/h5-12,17H,1-4H2/t17-/m1/s1. The number of hydrogen-bond acceptors (Lipinski definition) is 5. The van der Waals surface area contributed by atoms with Gasteiger partial charge in [0.05, 0.1) is 5.25 Å². The number of pyridine rings is 1. The van der Waals surface area contributed by atoms with E-state index in [0.29, 0.717) is 17.2 Å². The first-order valence-electron chi connectivity index (χ1n) is 8.53. The predicted molar refractivity (Wildman–Crippen MR) is 103 cm³/mol. The van der Waals surface area contributed by atoms with Gasteiger partial charge < -0.3 is 0 Å². The number of carbonyl (C=O) groups excluding carboxylic acids is 1. The van der Waals surface area contributed by atoms with Gasteiger partial charge >= 0.3 is 0 Å². The number of benzene rings is 1. The Morgan fingerprint density at radius 1 is 1.04 bits per heavy atom. The first-order valence-corrected chi connectivity index (χ1v) is 9.79. The predicted octanol–water partition coefficient (Wildman–Crippen LogP) is 4.59. The summed E-state index contributed by atoms with van der Waals surface area (Å²) >= 11 is 7.55. The van der Waals surface area contributed by atoms with Crippen molar-refractivity contribution in [2.45, 2.75) is 36.1 Å². The number of rotatable bonds is 4. The topological polar surface area (TPSA) is 60.7 Å². The summed E-state index contributed by atoms with van der Waals surface area (Å²) in [6.45, 7) is 0. The summed E-state index contributed by atoms with van der Waals surface area (Å²) in [5, 5.41) is 10.1. The van der Waals surface area contributed by atoms with Crippen LogP contribution in [0, 0.1) is 0 Å². The molecule has 3 aromatic rings. The van der Waals surface area contributed by atoms with Gasteiger partial charge in [0, 0.05) is 35.1 Å². The second-order valence-electron chi connectivity index (χ2n) is 6.17. The van der Waals surface area contributed by atoms with E-state index >= 15 is 0 Å². The van der Waals surface area contributed by atoms with E-state index in [0.717, 1.165) is 41.5 Å². The number of hydrogen-bond donors (Lipinski definition) is 0. The normalized spacial score (nSPS) is 17.4. The smallest absolute Gasteiger partial charge is 0.196 e. The van der Waals surface area contributed by atoms with Gasteiger partial charge in [-0.1, -0.05) is 29.8 Å². The highest BCUT2D eigenvalue weighted by molar-refractivity contribution is 8.00. The number of Topliss-reactive ketones (excluding diaryl/α,β-unsaturated/α-hetero) is 1. The van der Waals surface area contributed by atoms with E-state index in [1.807, 2.05) is 41.0 Å². The lowest BCUT2D eigenvalue weighted by molar-refractivity contribution is -0.119. The van der Waals surface area contributed by atoms with E-state index < -0.39 is 0 Å². The molecule has 4 rings (SSSR count). The highest BCUT2D eigenvalue weighted by atomic mass is 35.5. The lowest BCUT2D eigenvalue weighted by Crippen LogP contribution is -2.21. The number of ketones is 1. The third-order valence-corrected chi connectivity index (χ3v) is 5.91. The highest BCUT2D eigenvalue weighted by Crippen LogP contribution is 2.34. The second-order valence-corrected chi connectivity index (χ2v) is 7.78. The van der Waals surface area contributed by atoms with Gasteiger partial charge in [0.1, 0.15) is 5.78 Å². The Bertz CT molecular complexity index is 911. The molecular formula is C19H17ClN4OS. The van der Waals surface area contributed by atoms with E-state index in [1.54, 1.807) is 12.4 Å². The molecule has 1 aromatic carbocycles. The largest absolute Gasteiger partial charge is 0.298 e. The van der Waals surface area contributed by atoms with E-state index in [-0.39, 0.29) is 5.25 Å². The van der Waals surface area contributed by atoms with Crippen LogP contribution in [0.25, 0.3) is 17.1 Å². The monoisotopic (exact) mass is 384 g/mol. The fraction of sp³-hybridized carbons (Fsp3) is 0.263. The third kappa shape index (κ3) is 3.52. The first-order chi connectivity index (χ1) is 12.7. The average Bonchev–Trinajstić information content (AvgIpc) is 3.09. The molecular weight excluding hydrogens is 368 g/mol. The molecule has 2 heterocycles. The zero-order chi connectivity index (χ0) is 17.9. The summed E-state index contributed by atoms with van der Waals surface area (Å²) < 4.78 is 1.98. The zero-order valence-corrected chi connectivity index (χ0v) is 15.6. The van der Waals surface area contributed by atoms with Gasteiger partial charge in [-0.25, -0.2) is 0 Å². The Labute approximate surface area is 160 Å². The quantitative estimate of drug-likeness (QED) is 0.658. The van der Waals surface area contributed by atoms with Gasteiger partial charge in [-0.2, -0.15) is 0 Å². The van der Waals surface area contributed by atoms with Crippen molar-refractivity contribution in [3.05, 3.63) is 53.8 Å². The van der Waals surface area contributed by atoms with Crippen molar-refractivity contribution in [1.29, 1.82) is 0 Å². The van der Waals surface area contributed by atoms with Gasteiger partial charge in [-0.15, -0.1) is 10.2 Å². The average molecular weight is 385 g/mol. The molecule has 5 nitrogen and oxygen atoms in total. The molecule has 132 valence electrons. The third-order valence-electron chi connectivity index (χ3n) is 4.40. The summed E-state index contributed by atoms with van der Waals surface area (Å²) in [7, 11) is 0. The first kappa shape index (κ1) is 17.2. The minimum atomic E-state index is -0.0516.